The number of rotatable bonds is 2. The van der Waals surface area contributed by atoms with E-state index in [0.29, 0.717) is 10.6 Å². The molecule has 0 aliphatic carbocycles. The quantitative estimate of drug-likeness (QED) is 0.797. The molecule has 1 heterocycles. The molecule has 82 valence electrons. The lowest BCUT2D eigenvalue weighted by Crippen LogP contribution is -2.25. The minimum atomic E-state index is -0.138. The Morgan fingerprint density at radius 2 is 2.31 bits per heavy atom. The van der Waals surface area contributed by atoms with Crippen molar-refractivity contribution in [2.45, 2.75) is 0 Å². The average molecular weight is 234 g/mol. The van der Waals surface area contributed by atoms with Crippen molar-refractivity contribution in [3.05, 3.63) is 35.3 Å². The molecule has 0 atom stereocenters. The van der Waals surface area contributed by atoms with E-state index in [1.54, 1.807) is 25.2 Å². The fourth-order valence-corrected chi connectivity index (χ4v) is 1.77. The number of amides is 1. The third-order valence-electron chi connectivity index (χ3n) is 2.13. The van der Waals surface area contributed by atoms with Crippen molar-refractivity contribution in [3.63, 3.8) is 0 Å². The second kappa shape index (κ2) is 4.28. The van der Waals surface area contributed by atoms with E-state index in [1.807, 2.05) is 6.07 Å². The fourth-order valence-electron chi connectivity index (χ4n) is 1.28. The predicted octanol–water partition coefficient (Wildman–Crippen LogP) is 1.40. The van der Waals surface area contributed by atoms with Crippen LogP contribution in [0.5, 0.6) is 0 Å². The standard InChI is InChI=1S/C10H10N4OS/c1-14(8-4-2-3-7(11)5-8)10(15)9-6-12-13-16-9/h2-6H,11H2,1H3. The minimum Gasteiger partial charge on any atom is -0.399 e. The highest BCUT2D eigenvalue weighted by atomic mass is 32.1. The van der Waals surface area contributed by atoms with E-state index in [4.69, 9.17) is 5.73 Å². The molecule has 0 bridgehead atoms. The van der Waals surface area contributed by atoms with Crippen LogP contribution in [0, 0.1) is 0 Å². The summed E-state index contributed by atoms with van der Waals surface area (Å²) in [4.78, 5) is 14.0. The second-order valence-corrected chi connectivity index (χ2v) is 4.03. The lowest BCUT2D eigenvalue weighted by Gasteiger charge is -2.16. The van der Waals surface area contributed by atoms with Crippen molar-refractivity contribution in [2.24, 2.45) is 0 Å². The summed E-state index contributed by atoms with van der Waals surface area (Å²) >= 11 is 1.07. The number of hydrogen-bond donors (Lipinski definition) is 1. The summed E-state index contributed by atoms with van der Waals surface area (Å²) in [6.45, 7) is 0. The molecule has 0 unspecified atom stereocenters. The Bertz CT molecular complexity index is 497. The molecule has 0 saturated carbocycles. The maximum absolute atomic E-state index is 11.9. The van der Waals surface area contributed by atoms with Gasteiger partial charge in [-0.25, -0.2) is 0 Å². The van der Waals surface area contributed by atoms with Crippen molar-refractivity contribution in [3.8, 4) is 0 Å². The topological polar surface area (TPSA) is 72.1 Å². The first-order valence-corrected chi connectivity index (χ1v) is 5.37. The molecule has 6 heteroatoms. The smallest absolute Gasteiger partial charge is 0.271 e. The number of nitrogens with two attached hydrogens (primary N) is 1. The molecule has 5 nitrogen and oxygen atoms in total. The number of anilines is 2. The highest BCUT2D eigenvalue weighted by Crippen LogP contribution is 2.18. The van der Waals surface area contributed by atoms with Crippen LogP contribution in [-0.4, -0.2) is 22.5 Å². The number of benzene rings is 1. The van der Waals surface area contributed by atoms with Crippen molar-refractivity contribution in [1.29, 1.82) is 0 Å². The third kappa shape index (κ3) is 2.01. The molecule has 0 saturated heterocycles. The van der Waals surface area contributed by atoms with Crippen LogP contribution in [0.1, 0.15) is 9.67 Å². The Morgan fingerprint density at radius 3 is 2.94 bits per heavy atom. The first-order valence-electron chi connectivity index (χ1n) is 4.59. The summed E-state index contributed by atoms with van der Waals surface area (Å²) in [6, 6.07) is 7.14. The van der Waals surface area contributed by atoms with E-state index in [0.717, 1.165) is 17.2 Å². The van der Waals surface area contributed by atoms with E-state index in [9.17, 15) is 4.79 Å². The average Bonchev–Trinajstić information content (AvgIpc) is 2.80. The van der Waals surface area contributed by atoms with Crippen LogP contribution < -0.4 is 10.6 Å². The van der Waals surface area contributed by atoms with Gasteiger partial charge in [-0.15, -0.1) is 5.10 Å². The van der Waals surface area contributed by atoms with Gasteiger partial charge >= 0.3 is 0 Å². The van der Waals surface area contributed by atoms with Crippen molar-refractivity contribution < 1.29 is 4.79 Å². The minimum absolute atomic E-state index is 0.138. The number of carbonyl (C=O) groups is 1. The molecule has 0 radical (unpaired) electrons. The van der Waals surface area contributed by atoms with Crippen LogP contribution in [0.2, 0.25) is 0 Å². The largest absolute Gasteiger partial charge is 0.399 e. The van der Waals surface area contributed by atoms with Gasteiger partial charge in [-0.1, -0.05) is 10.6 Å². The van der Waals surface area contributed by atoms with Gasteiger partial charge in [0.1, 0.15) is 4.88 Å². The summed E-state index contributed by atoms with van der Waals surface area (Å²) in [5.41, 5.74) is 7.03. The summed E-state index contributed by atoms with van der Waals surface area (Å²) in [6.07, 6.45) is 1.45. The Kier molecular flexibility index (Phi) is 2.82. The van der Waals surface area contributed by atoms with Gasteiger partial charge in [0.05, 0.1) is 6.20 Å². The fraction of sp³-hybridized carbons (Fsp3) is 0.100. The highest BCUT2D eigenvalue weighted by Gasteiger charge is 2.15. The zero-order valence-electron chi connectivity index (χ0n) is 8.62. The monoisotopic (exact) mass is 234 g/mol. The van der Waals surface area contributed by atoms with Crippen LogP contribution in [0.15, 0.2) is 30.5 Å². The summed E-state index contributed by atoms with van der Waals surface area (Å²) in [5.74, 6) is -0.138. The Morgan fingerprint density at radius 1 is 1.50 bits per heavy atom. The van der Waals surface area contributed by atoms with Gasteiger partial charge in [0.25, 0.3) is 5.91 Å². The Labute approximate surface area is 96.7 Å². The van der Waals surface area contributed by atoms with Crippen LogP contribution >= 0.6 is 11.5 Å². The van der Waals surface area contributed by atoms with Gasteiger partial charge in [0.2, 0.25) is 0 Å². The zero-order chi connectivity index (χ0) is 11.5. The number of nitrogens with zero attached hydrogens (tertiary/aromatic N) is 3. The molecule has 2 N–H and O–H groups in total. The molecule has 1 aromatic carbocycles. The molecule has 0 aliphatic heterocycles. The van der Waals surface area contributed by atoms with Crippen LogP contribution in [0.25, 0.3) is 0 Å². The molecule has 2 rings (SSSR count). The predicted molar refractivity (Wildman–Crippen MR) is 63.5 cm³/mol. The summed E-state index contributed by atoms with van der Waals surface area (Å²) < 4.78 is 3.66. The van der Waals surface area contributed by atoms with Crippen molar-refractivity contribution >= 4 is 28.8 Å². The number of hydrogen-bond acceptors (Lipinski definition) is 5. The van der Waals surface area contributed by atoms with Gasteiger partial charge in [-0.3, -0.25) is 4.79 Å². The van der Waals surface area contributed by atoms with Crippen LogP contribution in [0.4, 0.5) is 11.4 Å². The van der Waals surface area contributed by atoms with E-state index in [1.165, 1.54) is 11.1 Å². The van der Waals surface area contributed by atoms with Gasteiger partial charge in [0.15, 0.2) is 0 Å². The summed E-state index contributed by atoms with van der Waals surface area (Å²) in [5, 5.41) is 3.63. The molecule has 0 spiro atoms. The Hall–Kier alpha value is -1.95. The normalized spacial score (nSPS) is 10.1. The SMILES string of the molecule is CN(C(=O)c1cnns1)c1cccc(N)c1. The number of carbonyl (C=O) groups excluding carboxylic acids is 1. The van der Waals surface area contributed by atoms with E-state index in [2.05, 4.69) is 9.59 Å². The summed E-state index contributed by atoms with van der Waals surface area (Å²) in [7, 11) is 1.69. The van der Waals surface area contributed by atoms with E-state index in [-0.39, 0.29) is 5.91 Å². The lowest BCUT2D eigenvalue weighted by molar-refractivity contribution is 0.0996. The second-order valence-electron chi connectivity index (χ2n) is 3.24. The molecule has 0 fully saturated rings. The van der Waals surface area contributed by atoms with Gasteiger partial charge < -0.3 is 10.6 Å². The number of nitrogen functional groups attached to an aromatic ring is 1. The zero-order valence-corrected chi connectivity index (χ0v) is 9.44. The number of aromatic nitrogens is 2. The molecule has 0 aliphatic rings. The van der Waals surface area contributed by atoms with E-state index < -0.39 is 0 Å². The van der Waals surface area contributed by atoms with Gasteiger partial charge in [-0.2, -0.15) is 0 Å². The van der Waals surface area contributed by atoms with Gasteiger partial charge in [0, 0.05) is 18.4 Å². The van der Waals surface area contributed by atoms with Crippen LogP contribution in [-0.2, 0) is 0 Å². The maximum Gasteiger partial charge on any atom is 0.271 e. The maximum atomic E-state index is 11.9. The molecular formula is C10H10N4OS. The molecule has 16 heavy (non-hydrogen) atoms. The molecular weight excluding hydrogens is 224 g/mol. The Balaban J connectivity index is 2.26. The lowest BCUT2D eigenvalue weighted by atomic mass is 10.2. The van der Waals surface area contributed by atoms with Crippen molar-refractivity contribution in [2.75, 3.05) is 17.7 Å². The van der Waals surface area contributed by atoms with Gasteiger partial charge in [-0.05, 0) is 29.7 Å². The highest BCUT2D eigenvalue weighted by molar-refractivity contribution is 7.07. The first-order chi connectivity index (χ1) is 7.68. The van der Waals surface area contributed by atoms with Crippen LogP contribution in [0.3, 0.4) is 0 Å². The molecule has 1 amide bonds. The molecule has 2 aromatic rings. The molecule has 1 aromatic heterocycles. The third-order valence-corrected chi connectivity index (χ3v) is 2.79. The van der Waals surface area contributed by atoms with Crippen molar-refractivity contribution in [1.82, 2.24) is 9.59 Å². The van der Waals surface area contributed by atoms with E-state index >= 15 is 0 Å². The first kappa shape index (κ1) is 10.6.